The summed E-state index contributed by atoms with van der Waals surface area (Å²) in [5.41, 5.74) is 5.72. The fourth-order valence-electron chi connectivity index (χ4n) is 6.34. The average Bonchev–Trinajstić information content (AvgIpc) is 3.16. The van der Waals surface area contributed by atoms with E-state index in [0.29, 0.717) is 17.9 Å². The largest absolute Gasteiger partial charge is 0.365 e. The minimum Gasteiger partial charge on any atom is -0.365 e. The van der Waals surface area contributed by atoms with Gasteiger partial charge in [0, 0.05) is 16.8 Å². The second-order valence-corrected chi connectivity index (χ2v) is 9.19. The Morgan fingerprint density at radius 2 is 1.57 bits per heavy atom. The van der Waals surface area contributed by atoms with Gasteiger partial charge in [0.15, 0.2) is 0 Å². The predicted molar refractivity (Wildman–Crippen MR) is 114 cm³/mol. The molecule has 0 amide bonds. The van der Waals surface area contributed by atoms with Crippen molar-refractivity contribution in [1.82, 2.24) is 4.98 Å². The monoisotopic (exact) mass is 371 g/mol. The maximum atomic E-state index is 7.03. The van der Waals surface area contributed by atoms with E-state index in [-0.39, 0.29) is 5.60 Å². The lowest BCUT2D eigenvalue weighted by molar-refractivity contribution is -0.153. The van der Waals surface area contributed by atoms with Crippen LogP contribution in [-0.4, -0.2) is 11.1 Å². The minimum atomic E-state index is -0.0991. The van der Waals surface area contributed by atoms with Crippen LogP contribution in [0.3, 0.4) is 0 Å². The number of hydrogen-bond donors (Lipinski definition) is 1. The maximum absolute atomic E-state index is 7.03. The van der Waals surface area contributed by atoms with Crippen LogP contribution >= 0.6 is 0 Å². The summed E-state index contributed by atoms with van der Waals surface area (Å²) in [6.07, 6.45) is 10.3. The molecule has 2 aliphatic carbocycles. The summed E-state index contributed by atoms with van der Waals surface area (Å²) in [5.74, 6) is 1.25. The summed E-state index contributed by atoms with van der Waals surface area (Å²) in [7, 11) is 0. The molecule has 2 heterocycles. The molecule has 1 aliphatic heterocycles. The summed E-state index contributed by atoms with van der Waals surface area (Å²) in [6, 6.07) is 20.0. The Balaban J connectivity index is 1.41. The second-order valence-electron chi connectivity index (χ2n) is 9.19. The molecule has 6 rings (SSSR count). The molecule has 3 aliphatic rings. The van der Waals surface area contributed by atoms with Crippen LogP contribution in [-0.2, 0) is 10.3 Å². The van der Waals surface area contributed by atoms with E-state index in [0.717, 1.165) is 12.8 Å². The van der Waals surface area contributed by atoms with Crippen molar-refractivity contribution in [3.8, 4) is 0 Å². The van der Waals surface area contributed by atoms with Crippen LogP contribution in [0.5, 0.6) is 0 Å². The Bertz CT molecular complexity index is 980. The van der Waals surface area contributed by atoms with Crippen molar-refractivity contribution in [2.75, 3.05) is 0 Å². The lowest BCUT2D eigenvalue weighted by Gasteiger charge is -2.49. The molecule has 28 heavy (non-hydrogen) atoms. The molecule has 2 nitrogen and oxygen atoms in total. The van der Waals surface area contributed by atoms with E-state index < -0.39 is 0 Å². The van der Waals surface area contributed by atoms with Gasteiger partial charge in [0.05, 0.1) is 11.8 Å². The van der Waals surface area contributed by atoms with Gasteiger partial charge < -0.3 is 9.72 Å². The van der Waals surface area contributed by atoms with Gasteiger partial charge in [-0.3, -0.25) is 0 Å². The molecule has 1 aromatic heterocycles. The first-order valence-corrected chi connectivity index (χ1v) is 11.2. The number of fused-ring (bicyclic) bond motifs is 6. The number of hydrogen-bond acceptors (Lipinski definition) is 1. The summed E-state index contributed by atoms with van der Waals surface area (Å²) in [4.78, 5) is 3.84. The molecule has 0 radical (unpaired) electrons. The molecule has 144 valence electrons. The van der Waals surface area contributed by atoms with Gasteiger partial charge in [0.25, 0.3) is 0 Å². The van der Waals surface area contributed by atoms with Crippen LogP contribution < -0.4 is 0 Å². The molecule has 1 spiro atoms. The average molecular weight is 372 g/mol. The third kappa shape index (κ3) is 2.50. The van der Waals surface area contributed by atoms with E-state index in [1.165, 1.54) is 60.7 Å². The zero-order valence-electron chi connectivity index (χ0n) is 16.5. The first-order valence-electron chi connectivity index (χ1n) is 11.2. The molecule has 2 aromatic carbocycles. The van der Waals surface area contributed by atoms with Gasteiger partial charge in [-0.1, -0.05) is 61.4 Å². The van der Waals surface area contributed by atoms with Crippen molar-refractivity contribution in [3.63, 3.8) is 0 Å². The van der Waals surface area contributed by atoms with Crippen LogP contribution in [0.2, 0.25) is 0 Å². The number of H-pyrrole nitrogens is 1. The number of aromatic nitrogens is 1. The number of ether oxygens (including phenoxy) is 1. The van der Waals surface area contributed by atoms with Gasteiger partial charge in [-0.05, 0) is 61.6 Å². The normalized spacial score (nSPS) is 32.2. The van der Waals surface area contributed by atoms with E-state index in [9.17, 15) is 0 Å². The van der Waals surface area contributed by atoms with Crippen molar-refractivity contribution in [3.05, 3.63) is 71.4 Å². The van der Waals surface area contributed by atoms with Crippen LogP contribution in [0.15, 0.2) is 54.6 Å². The molecular weight excluding hydrogens is 342 g/mol. The van der Waals surface area contributed by atoms with Crippen molar-refractivity contribution >= 4 is 10.9 Å². The van der Waals surface area contributed by atoms with Gasteiger partial charge >= 0.3 is 0 Å². The fourth-order valence-corrected chi connectivity index (χ4v) is 6.34. The van der Waals surface area contributed by atoms with Crippen LogP contribution in [0, 0.1) is 0 Å². The number of aromatic amines is 1. The van der Waals surface area contributed by atoms with Crippen LogP contribution in [0.4, 0.5) is 0 Å². The van der Waals surface area contributed by atoms with Gasteiger partial charge in [-0.15, -0.1) is 0 Å². The Kier molecular flexibility index (Phi) is 3.91. The van der Waals surface area contributed by atoms with Crippen molar-refractivity contribution in [1.29, 1.82) is 0 Å². The first-order chi connectivity index (χ1) is 13.8. The molecule has 2 fully saturated rings. The first kappa shape index (κ1) is 16.9. The summed E-state index contributed by atoms with van der Waals surface area (Å²) in [6.45, 7) is 0. The van der Waals surface area contributed by atoms with E-state index >= 15 is 0 Å². The van der Waals surface area contributed by atoms with E-state index in [1.807, 2.05) is 0 Å². The third-order valence-electron chi connectivity index (χ3n) is 7.72. The maximum Gasteiger partial charge on any atom is 0.109 e. The summed E-state index contributed by atoms with van der Waals surface area (Å²) < 4.78 is 7.03. The predicted octanol–water partition coefficient (Wildman–Crippen LogP) is 6.78. The molecular formula is C26H29NO. The summed E-state index contributed by atoms with van der Waals surface area (Å²) >= 11 is 0. The highest BCUT2D eigenvalue weighted by Crippen LogP contribution is 2.55. The van der Waals surface area contributed by atoms with E-state index in [1.54, 1.807) is 5.56 Å². The second kappa shape index (κ2) is 6.49. The Labute approximate surface area is 167 Å². The van der Waals surface area contributed by atoms with Gasteiger partial charge in [0.1, 0.15) is 5.60 Å². The summed E-state index contributed by atoms with van der Waals surface area (Å²) in [5, 5.41) is 1.45. The Hall–Kier alpha value is -2.06. The van der Waals surface area contributed by atoms with Crippen molar-refractivity contribution in [2.24, 2.45) is 0 Å². The Morgan fingerprint density at radius 1 is 0.821 bits per heavy atom. The van der Waals surface area contributed by atoms with Crippen LogP contribution in [0.1, 0.15) is 80.0 Å². The smallest absolute Gasteiger partial charge is 0.109 e. The number of rotatable bonds is 1. The zero-order chi connectivity index (χ0) is 18.6. The van der Waals surface area contributed by atoms with E-state index in [4.69, 9.17) is 4.74 Å². The van der Waals surface area contributed by atoms with Gasteiger partial charge in [-0.25, -0.2) is 0 Å². The minimum absolute atomic E-state index is 0.0991. The highest BCUT2D eigenvalue weighted by atomic mass is 16.5. The lowest BCUT2D eigenvalue weighted by atomic mass is 9.69. The number of para-hydroxylation sites is 1. The number of benzene rings is 2. The fraction of sp³-hybridized carbons (Fsp3) is 0.462. The van der Waals surface area contributed by atoms with Crippen molar-refractivity contribution in [2.45, 2.75) is 74.9 Å². The molecule has 1 N–H and O–H groups in total. The molecule has 2 heteroatoms. The van der Waals surface area contributed by atoms with Gasteiger partial charge in [-0.2, -0.15) is 0 Å². The molecule has 2 saturated carbocycles. The van der Waals surface area contributed by atoms with Crippen molar-refractivity contribution < 1.29 is 4.74 Å². The molecule has 2 atom stereocenters. The SMILES string of the molecule is c1ccc(C2CCC3(CC2)OC2CCCCC2c2c3[nH]c3ccccc23)cc1. The number of nitrogens with one attached hydrogen (secondary N) is 1. The quantitative estimate of drug-likeness (QED) is 0.501. The molecule has 2 unspecified atom stereocenters. The highest BCUT2D eigenvalue weighted by molar-refractivity contribution is 5.86. The Morgan fingerprint density at radius 3 is 2.43 bits per heavy atom. The zero-order valence-corrected chi connectivity index (χ0v) is 16.5. The molecule has 3 aromatic rings. The molecule has 0 saturated heterocycles. The van der Waals surface area contributed by atoms with E-state index in [2.05, 4.69) is 59.6 Å². The molecule has 0 bridgehead atoms. The lowest BCUT2D eigenvalue weighted by Crippen LogP contribution is -2.45. The highest BCUT2D eigenvalue weighted by Gasteiger charge is 2.49. The topological polar surface area (TPSA) is 25.0 Å². The van der Waals surface area contributed by atoms with Crippen LogP contribution in [0.25, 0.3) is 10.9 Å². The van der Waals surface area contributed by atoms with Gasteiger partial charge in [0.2, 0.25) is 0 Å². The standard InChI is InChI=1S/C26H29NO/c1-2-8-18(9-3-1)19-14-16-26(17-15-19)25-24(20-10-4-6-12-22(20)27-25)21-11-5-7-13-23(21)28-26/h1-4,6,8-10,12,19,21,23,27H,5,7,11,13-17H2. The third-order valence-corrected chi connectivity index (χ3v) is 7.72.